The fourth-order valence-corrected chi connectivity index (χ4v) is 2.90. The molecule has 0 saturated heterocycles. The van der Waals surface area contributed by atoms with E-state index in [4.69, 9.17) is 5.73 Å². The van der Waals surface area contributed by atoms with Crippen LogP contribution in [0.15, 0.2) is 29.5 Å². The third-order valence-corrected chi connectivity index (χ3v) is 4.09. The third-order valence-electron chi connectivity index (χ3n) is 4.09. The van der Waals surface area contributed by atoms with E-state index in [2.05, 4.69) is 45.6 Å². The van der Waals surface area contributed by atoms with Crippen LogP contribution in [0.4, 0.5) is 5.69 Å². The summed E-state index contributed by atoms with van der Waals surface area (Å²) >= 11 is 0. The van der Waals surface area contributed by atoms with Crippen molar-refractivity contribution in [3.63, 3.8) is 0 Å². The quantitative estimate of drug-likeness (QED) is 0.669. The third kappa shape index (κ3) is 3.10. The van der Waals surface area contributed by atoms with Crippen LogP contribution in [-0.2, 0) is 25.9 Å². The highest BCUT2D eigenvalue weighted by atomic mass is 15.3. The Kier molecular flexibility index (Phi) is 4.37. The number of nitrogens with zero attached hydrogens (tertiary/aromatic N) is 4. The Morgan fingerprint density at radius 1 is 1.36 bits per heavy atom. The molecular formula is C16H22N6. The van der Waals surface area contributed by atoms with Crippen LogP contribution >= 0.6 is 0 Å². The molecule has 6 nitrogen and oxygen atoms in total. The average Bonchev–Trinajstić information content (AvgIpc) is 3.01. The van der Waals surface area contributed by atoms with Gasteiger partial charge in [0.05, 0.1) is 0 Å². The van der Waals surface area contributed by atoms with Crippen molar-refractivity contribution in [3.8, 4) is 0 Å². The summed E-state index contributed by atoms with van der Waals surface area (Å²) < 4.78 is 1.96. The van der Waals surface area contributed by atoms with E-state index >= 15 is 0 Å². The van der Waals surface area contributed by atoms with Gasteiger partial charge in [0.2, 0.25) is 0 Å². The lowest BCUT2D eigenvalue weighted by Gasteiger charge is -2.19. The van der Waals surface area contributed by atoms with Gasteiger partial charge in [-0.1, -0.05) is 12.1 Å². The Morgan fingerprint density at radius 3 is 3.09 bits per heavy atom. The first-order valence-corrected chi connectivity index (χ1v) is 7.82. The number of benzene rings is 1. The summed E-state index contributed by atoms with van der Waals surface area (Å²) in [7, 11) is 0. The summed E-state index contributed by atoms with van der Waals surface area (Å²) in [6.07, 6.45) is 6.48. The van der Waals surface area contributed by atoms with Crippen molar-refractivity contribution in [2.24, 2.45) is 10.7 Å². The Bertz CT molecular complexity index is 673. The zero-order valence-electron chi connectivity index (χ0n) is 12.9. The second-order valence-corrected chi connectivity index (χ2v) is 5.51. The highest BCUT2D eigenvalue weighted by Gasteiger charge is 2.13. The van der Waals surface area contributed by atoms with Gasteiger partial charge in [0.1, 0.15) is 12.9 Å². The van der Waals surface area contributed by atoms with Crippen LogP contribution in [0.2, 0.25) is 0 Å². The van der Waals surface area contributed by atoms with Crippen molar-refractivity contribution >= 4 is 11.6 Å². The predicted octanol–water partition coefficient (Wildman–Crippen LogP) is 2.10. The molecule has 0 bridgehead atoms. The minimum atomic E-state index is 0.421. The van der Waals surface area contributed by atoms with E-state index in [1.165, 1.54) is 24.0 Å². The van der Waals surface area contributed by atoms with Gasteiger partial charge in [0, 0.05) is 12.2 Å². The number of anilines is 1. The van der Waals surface area contributed by atoms with Crippen molar-refractivity contribution in [2.75, 3.05) is 5.32 Å². The number of nitrogens with one attached hydrogen (secondary N) is 1. The van der Waals surface area contributed by atoms with Crippen LogP contribution in [0, 0.1) is 0 Å². The van der Waals surface area contributed by atoms with Crippen molar-refractivity contribution in [3.05, 3.63) is 41.5 Å². The molecule has 0 fully saturated rings. The number of nitrogens with two attached hydrogens (primary N) is 1. The fraction of sp³-hybridized carbons (Fsp3) is 0.438. The Hall–Kier alpha value is -2.37. The smallest absolute Gasteiger partial charge is 0.193 e. The van der Waals surface area contributed by atoms with Gasteiger partial charge < -0.3 is 15.6 Å². The normalized spacial score (nSPS) is 14.7. The second-order valence-electron chi connectivity index (χ2n) is 5.51. The Balaban J connectivity index is 1.71. The summed E-state index contributed by atoms with van der Waals surface area (Å²) in [6.45, 7) is 3.31. The van der Waals surface area contributed by atoms with E-state index in [-0.39, 0.29) is 0 Å². The van der Waals surface area contributed by atoms with E-state index in [9.17, 15) is 0 Å². The lowest BCUT2D eigenvalue weighted by Crippen LogP contribution is -2.24. The fourth-order valence-electron chi connectivity index (χ4n) is 2.90. The minimum Gasteiger partial charge on any atom is -0.370 e. The topological polar surface area (TPSA) is 81.1 Å². The molecule has 1 aromatic heterocycles. The SMILES string of the molecule is CCn1cnnc1CN=C(N)Nc1cccc2c1CCCC2. The molecule has 0 radical (unpaired) electrons. The van der Waals surface area contributed by atoms with Crippen molar-refractivity contribution < 1.29 is 0 Å². The number of hydrogen-bond donors (Lipinski definition) is 2. The highest BCUT2D eigenvalue weighted by molar-refractivity contribution is 5.93. The monoisotopic (exact) mass is 298 g/mol. The van der Waals surface area contributed by atoms with Crippen LogP contribution in [0.5, 0.6) is 0 Å². The van der Waals surface area contributed by atoms with Gasteiger partial charge in [-0.25, -0.2) is 4.99 Å². The van der Waals surface area contributed by atoms with Gasteiger partial charge in [-0.2, -0.15) is 0 Å². The number of fused-ring (bicyclic) bond motifs is 1. The van der Waals surface area contributed by atoms with Gasteiger partial charge in [0.15, 0.2) is 11.8 Å². The number of aromatic nitrogens is 3. The minimum absolute atomic E-state index is 0.421. The molecule has 1 heterocycles. The van der Waals surface area contributed by atoms with Crippen LogP contribution in [0.3, 0.4) is 0 Å². The largest absolute Gasteiger partial charge is 0.370 e. The van der Waals surface area contributed by atoms with E-state index in [0.29, 0.717) is 12.5 Å². The van der Waals surface area contributed by atoms with Crippen molar-refractivity contribution in [2.45, 2.75) is 45.7 Å². The van der Waals surface area contributed by atoms with E-state index in [1.807, 2.05) is 4.57 Å². The molecule has 0 atom stereocenters. The molecule has 2 aromatic rings. The number of aliphatic imine (C=N–C) groups is 1. The molecule has 1 aromatic carbocycles. The summed E-state index contributed by atoms with van der Waals surface area (Å²) in [5.41, 5.74) is 9.91. The number of guanidine groups is 1. The maximum atomic E-state index is 6.03. The average molecular weight is 298 g/mol. The predicted molar refractivity (Wildman–Crippen MR) is 87.7 cm³/mol. The lowest BCUT2D eigenvalue weighted by atomic mass is 9.90. The maximum absolute atomic E-state index is 6.03. The van der Waals surface area contributed by atoms with Gasteiger partial charge in [0.25, 0.3) is 0 Å². The summed E-state index contributed by atoms with van der Waals surface area (Å²) in [6, 6.07) is 6.35. The molecule has 6 heteroatoms. The number of hydrogen-bond acceptors (Lipinski definition) is 3. The lowest BCUT2D eigenvalue weighted by molar-refractivity contribution is 0.687. The van der Waals surface area contributed by atoms with Crippen LogP contribution in [0.25, 0.3) is 0 Å². The summed E-state index contributed by atoms with van der Waals surface area (Å²) in [5.74, 6) is 1.24. The standard InChI is InChI=1S/C16H22N6/c1-2-22-11-19-21-15(22)10-18-16(17)20-14-9-5-7-12-6-3-4-8-13(12)14/h5,7,9,11H,2-4,6,8,10H2,1H3,(H3,17,18,20). The van der Waals surface area contributed by atoms with E-state index < -0.39 is 0 Å². The van der Waals surface area contributed by atoms with E-state index in [1.54, 1.807) is 6.33 Å². The van der Waals surface area contributed by atoms with Gasteiger partial charge in [-0.05, 0) is 49.8 Å². The summed E-state index contributed by atoms with van der Waals surface area (Å²) in [5, 5.41) is 11.2. The molecule has 0 spiro atoms. The van der Waals surface area contributed by atoms with Crippen molar-refractivity contribution in [1.82, 2.24) is 14.8 Å². The van der Waals surface area contributed by atoms with E-state index in [0.717, 1.165) is 30.9 Å². The number of aryl methyl sites for hydroxylation is 2. The molecule has 1 aliphatic carbocycles. The van der Waals surface area contributed by atoms with Gasteiger partial charge >= 0.3 is 0 Å². The molecule has 116 valence electrons. The summed E-state index contributed by atoms with van der Waals surface area (Å²) in [4.78, 5) is 4.38. The Morgan fingerprint density at radius 2 is 2.23 bits per heavy atom. The molecule has 0 unspecified atom stereocenters. The second kappa shape index (κ2) is 6.60. The van der Waals surface area contributed by atoms with Crippen molar-refractivity contribution in [1.29, 1.82) is 0 Å². The molecule has 3 rings (SSSR count). The molecule has 0 aliphatic heterocycles. The molecule has 0 saturated carbocycles. The molecule has 1 aliphatic rings. The number of rotatable bonds is 4. The first-order chi connectivity index (χ1) is 10.8. The first-order valence-electron chi connectivity index (χ1n) is 7.82. The molecule has 0 amide bonds. The van der Waals surface area contributed by atoms with Crippen LogP contribution < -0.4 is 11.1 Å². The molecule has 3 N–H and O–H groups in total. The molecular weight excluding hydrogens is 276 g/mol. The van der Waals surface area contributed by atoms with Crippen LogP contribution in [-0.4, -0.2) is 20.7 Å². The molecule has 22 heavy (non-hydrogen) atoms. The van der Waals surface area contributed by atoms with Gasteiger partial charge in [-0.3, -0.25) is 0 Å². The Labute approximate surface area is 130 Å². The zero-order valence-corrected chi connectivity index (χ0v) is 12.9. The maximum Gasteiger partial charge on any atom is 0.193 e. The zero-order chi connectivity index (χ0) is 15.4. The first kappa shape index (κ1) is 14.6. The van der Waals surface area contributed by atoms with Crippen LogP contribution in [0.1, 0.15) is 36.7 Å². The van der Waals surface area contributed by atoms with Gasteiger partial charge in [-0.15, -0.1) is 10.2 Å². The highest BCUT2D eigenvalue weighted by Crippen LogP contribution is 2.27.